The highest BCUT2D eigenvalue weighted by Gasteiger charge is 2.11. The smallest absolute Gasteiger partial charge is 0.341 e. The Balaban J connectivity index is 2.49. The molecule has 0 spiro atoms. The van der Waals surface area contributed by atoms with Gasteiger partial charge in [-0.2, -0.15) is 0 Å². The fourth-order valence-electron chi connectivity index (χ4n) is 1.73. The lowest BCUT2D eigenvalue weighted by atomic mass is 10.1. The molecule has 0 bridgehead atoms. The molecule has 0 saturated carbocycles. The monoisotopic (exact) mass is 273 g/mol. The summed E-state index contributed by atoms with van der Waals surface area (Å²) >= 11 is 0. The number of benzene rings is 1. The van der Waals surface area contributed by atoms with Crippen molar-refractivity contribution in [2.45, 2.75) is 0 Å². The van der Waals surface area contributed by atoms with Crippen molar-refractivity contribution in [2.24, 2.45) is 0 Å². The zero-order valence-electron chi connectivity index (χ0n) is 10.5. The minimum absolute atomic E-state index is 0.278. The zero-order valence-corrected chi connectivity index (χ0v) is 10.5. The first-order valence-corrected chi connectivity index (χ1v) is 5.67. The van der Waals surface area contributed by atoms with E-state index in [9.17, 15) is 14.4 Å². The molecular weight excluding hydrogens is 262 g/mol. The standard InChI is InChI=1S/C14H11NO5/c1-20-12(16)5-3-8-2-4-9-11(6-8)15-7-10(13(9)17)14(18)19/h2-7H,1H3,(H,15,17)(H,18,19). The molecule has 0 amide bonds. The van der Waals surface area contributed by atoms with E-state index < -0.39 is 17.4 Å². The van der Waals surface area contributed by atoms with Gasteiger partial charge in [0.25, 0.3) is 0 Å². The van der Waals surface area contributed by atoms with Gasteiger partial charge in [-0.25, -0.2) is 9.59 Å². The average molecular weight is 273 g/mol. The number of fused-ring (bicyclic) bond motifs is 1. The van der Waals surface area contributed by atoms with Crippen molar-refractivity contribution in [2.75, 3.05) is 7.11 Å². The number of hydrogen-bond acceptors (Lipinski definition) is 4. The largest absolute Gasteiger partial charge is 0.477 e. The van der Waals surface area contributed by atoms with Crippen LogP contribution in [0.15, 0.2) is 35.3 Å². The van der Waals surface area contributed by atoms with Crippen molar-refractivity contribution in [3.8, 4) is 0 Å². The van der Waals surface area contributed by atoms with Crippen LogP contribution in [0.5, 0.6) is 0 Å². The minimum Gasteiger partial charge on any atom is -0.477 e. The van der Waals surface area contributed by atoms with Crippen LogP contribution < -0.4 is 5.43 Å². The number of pyridine rings is 1. The quantitative estimate of drug-likeness (QED) is 0.651. The van der Waals surface area contributed by atoms with Crippen molar-refractivity contribution in [3.05, 3.63) is 51.8 Å². The SMILES string of the molecule is COC(=O)C=Cc1ccc2c(=O)c(C(=O)O)c[nH]c2c1. The first kappa shape index (κ1) is 13.5. The third-order valence-corrected chi connectivity index (χ3v) is 2.75. The van der Waals surface area contributed by atoms with E-state index in [1.807, 2.05) is 0 Å². The maximum atomic E-state index is 11.9. The Morgan fingerprint density at radius 1 is 1.35 bits per heavy atom. The van der Waals surface area contributed by atoms with Gasteiger partial charge in [0, 0.05) is 23.2 Å². The van der Waals surface area contributed by atoms with Crippen LogP contribution in [-0.2, 0) is 9.53 Å². The van der Waals surface area contributed by atoms with Crippen LogP contribution >= 0.6 is 0 Å². The third-order valence-electron chi connectivity index (χ3n) is 2.75. The lowest BCUT2D eigenvalue weighted by Crippen LogP contribution is -2.15. The number of carbonyl (C=O) groups is 2. The summed E-state index contributed by atoms with van der Waals surface area (Å²) in [6.07, 6.45) is 3.94. The van der Waals surface area contributed by atoms with Crippen LogP contribution in [0.1, 0.15) is 15.9 Å². The molecule has 1 heterocycles. The number of hydrogen-bond donors (Lipinski definition) is 2. The van der Waals surface area contributed by atoms with Crippen LogP contribution in [0.2, 0.25) is 0 Å². The number of methoxy groups -OCH3 is 1. The van der Waals surface area contributed by atoms with Gasteiger partial charge in [-0.15, -0.1) is 0 Å². The average Bonchev–Trinajstić information content (AvgIpc) is 2.44. The fourth-order valence-corrected chi connectivity index (χ4v) is 1.73. The second kappa shape index (κ2) is 5.40. The molecule has 0 saturated heterocycles. The minimum atomic E-state index is -1.28. The molecule has 2 aromatic rings. The van der Waals surface area contributed by atoms with E-state index in [4.69, 9.17) is 5.11 Å². The van der Waals surface area contributed by atoms with Gasteiger partial charge in [-0.1, -0.05) is 6.07 Å². The van der Waals surface area contributed by atoms with Gasteiger partial charge < -0.3 is 14.8 Å². The third kappa shape index (κ3) is 2.59. The van der Waals surface area contributed by atoms with Gasteiger partial charge in [-0.05, 0) is 23.8 Å². The Morgan fingerprint density at radius 3 is 2.75 bits per heavy atom. The summed E-state index contributed by atoms with van der Waals surface area (Å²) in [4.78, 5) is 36.5. The molecule has 2 N–H and O–H groups in total. The molecule has 102 valence electrons. The summed E-state index contributed by atoms with van der Waals surface area (Å²) in [5.41, 5.74) is 0.318. The van der Waals surface area contributed by atoms with Gasteiger partial charge in [0.1, 0.15) is 5.56 Å². The second-order valence-electron chi connectivity index (χ2n) is 4.00. The van der Waals surface area contributed by atoms with Crippen LogP contribution in [0.25, 0.3) is 17.0 Å². The number of carbonyl (C=O) groups excluding carboxylic acids is 1. The number of carboxylic acids is 1. The number of aromatic carboxylic acids is 1. The molecule has 20 heavy (non-hydrogen) atoms. The predicted octanol–water partition coefficient (Wildman–Crippen LogP) is 1.41. The number of aromatic amines is 1. The van der Waals surface area contributed by atoms with Crippen LogP contribution in [0.3, 0.4) is 0 Å². The Hall–Kier alpha value is -2.89. The van der Waals surface area contributed by atoms with E-state index in [-0.39, 0.29) is 10.9 Å². The van der Waals surface area contributed by atoms with E-state index in [0.29, 0.717) is 11.1 Å². The number of carboxylic acid groups (broad SMARTS) is 1. The molecule has 0 fully saturated rings. The molecule has 0 aliphatic heterocycles. The number of rotatable bonds is 3. The van der Waals surface area contributed by atoms with Gasteiger partial charge in [0.2, 0.25) is 5.43 Å². The first-order chi connectivity index (χ1) is 9.52. The van der Waals surface area contributed by atoms with Crippen molar-refractivity contribution in [3.63, 3.8) is 0 Å². The fraction of sp³-hybridized carbons (Fsp3) is 0.0714. The molecule has 1 aromatic carbocycles. The second-order valence-corrected chi connectivity index (χ2v) is 4.00. The van der Waals surface area contributed by atoms with E-state index in [1.54, 1.807) is 12.1 Å². The normalized spacial score (nSPS) is 10.8. The molecule has 6 nitrogen and oxygen atoms in total. The molecule has 0 unspecified atom stereocenters. The van der Waals surface area contributed by atoms with Gasteiger partial charge in [-0.3, -0.25) is 4.79 Å². The molecule has 0 aliphatic carbocycles. The Labute approximate surface area is 113 Å². The van der Waals surface area contributed by atoms with E-state index in [2.05, 4.69) is 9.72 Å². The van der Waals surface area contributed by atoms with Gasteiger partial charge >= 0.3 is 11.9 Å². The summed E-state index contributed by atoms with van der Waals surface area (Å²) in [6.45, 7) is 0. The van der Waals surface area contributed by atoms with E-state index in [1.165, 1.54) is 25.3 Å². The molecular formula is C14H11NO5. The van der Waals surface area contributed by atoms with Crippen LogP contribution in [0, 0.1) is 0 Å². The maximum Gasteiger partial charge on any atom is 0.341 e. The Morgan fingerprint density at radius 2 is 2.10 bits per heavy atom. The number of aromatic nitrogens is 1. The number of H-pyrrole nitrogens is 1. The van der Waals surface area contributed by atoms with Crippen molar-refractivity contribution in [1.29, 1.82) is 0 Å². The lowest BCUT2D eigenvalue weighted by molar-refractivity contribution is -0.134. The summed E-state index contributed by atoms with van der Waals surface area (Å²) < 4.78 is 4.47. The highest BCUT2D eigenvalue weighted by atomic mass is 16.5. The van der Waals surface area contributed by atoms with Gasteiger partial charge in [0.15, 0.2) is 0 Å². The summed E-state index contributed by atoms with van der Waals surface area (Å²) in [5.74, 6) is -1.76. The summed E-state index contributed by atoms with van der Waals surface area (Å²) in [6, 6.07) is 4.77. The number of nitrogens with one attached hydrogen (secondary N) is 1. The van der Waals surface area contributed by atoms with Crippen molar-refractivity contribution < 1.29 is 19.4 Å². The molecule has 1 aromatic heterocycles. The van der Waals surface area contributed by atoms with Crippen LogP contribution in [-0.4, -0.2) is 29.1 Å². The molecule has 0 radical (unpaired) electrons. The van der Waals surface area contributed by atoms with Crippen LogP contribution in [0.4, 0.5) is 0 Å². The molecule has 0 aliphatic rings. The highest BCUT2D eigenvalue weighted by Crippen LogP contribution is 2.12. The maximum absolute atomic E-state index is 11.9. The Bertz CT molecular complexity index is 773. The molecule has 6 heteroatoms. The number of esters is 1. The van der Waals surface area contributed by atoms with E-state index in [0.717, 1.165) is 6.20 Å². The highest BCUT2D eigenvalue weighted by molar-refractivity contribution is 5.93. The van der Waals surface area contributed by atoms with E-state index >= 15 is 0 Å². The molecule has 2 rings (SSSR count). The molecule has 0 atom stereocenters. The predicted molar refractivity (Wildman–Crippen MR) is 72.6 cm³/mol. The Kier molecular flexibility index (Phi) is 3.65. The van der Waals surface area contributed by atoms with Gasteiger partial charge in [0.05, 0.1) is 7.11 Å². The zero-order chi connectivity index (χ0) is 14.7. The summed E-state index contributed by atoms with van der Waals surface area (Å²) in [7, 11) is 1.28. The lowest BCUT2D eigenvalue weighted by Gasteiger charge is -2.01. The summed E-state index contributed by atoms with van der Waals surface area (Å²) in [5, 5.41) is 9.15. The number of ether oxygens (including phenoxy) is 1. The van der Waals surface area contributed by atoms with Crippen molar-refractivity contribution in [1.82, 2.24) is 4.98 Å². The first-order valence-electron chi connectivity index (χ1n) is 5.67. The topological polar surface area (TPSA) is 96.5 Å². The van der Waals surface area contributed by atoms with Crippen molar-refractivity contribution >= 4 is 28.9 Å².